The minimum atomic E-state index is -0.946. The van der Waals surface area contributed by atoms with E-state index in [1.807, 2.05) is 26.8 Å². The van der Waals surface area contributed by atoms with Crippen molar-refractivity contribution in [3.05, 3.63) is 46.9 Å². The van der Waals surface area contributed by atoms with E-state index in [0.29, 0.717) is 5.69 Å². The number of carboxylic acids is 1. The van der Waals surface area contributed by atoms with Crippen LogP contribution in [0.4, 0.5) is 11.5 Å². The number of hydrogen-bond donors (Lipinski definition) is 2. The van der Waals surface area contributed by atoms with Gasteiger partial charge in [-0.3, -0.25) is 0 Å². The van der Waals surface area contributed by atoms with Crippen molar-refractivity contribution in [3.63, 3.8) is 0 Å². The fourth-order valence-corrected chi connectivity index (χ4v) is 1.83. The molecule has 0 aliphatic heterocycles. The first-order valence-corrected chi connectivity index (χ1v) is 6.45. The first-order chi connectivity index (χ1) is 9.51. The van der Waals surface area contributed by atoms with Crippen molar-refractivity contribution in [3.8, 4) is 0 Å². The molecule has 0 saturated heterocycles. The van der Waals surface area contributed by atoms with Crippen molar-refractivity contribution in [1.29, 1.82) is 0 Å². The second-order valence-electron chi connectivity index (χ2n) is 4.56. The van der Waals surface area contributed by atoms with Gasteiger partial charge < -0.3 is 10.4 Å². The van der Waals surface area contributed by atoms with Crippen LogP contribution < -0.4 is 5.32 Å². The molecule has 2 aromatic rings. The van der Waals surface area contributed by atoms with Gasteiger partial charge in [-0.15, -0.1) is 0 Å². The molecular weight excluding hydrogens is 254 g/mol. The van der Waals surface area contributed by atoms with Gasteiger partial charge in [0.1, 0.15) is 11.6 Å². The van der Waals surface area contributed by atoms with Crippen LogP contribution in [0.25, 0.3) is 0 Å². The minimum Gasteiger partial charge on any atom is -0.478 e. The van der Waals surface area contributed by atoms with Crippen LogP contribution in [-0.4, -0.2) is 21.0 Å². The summed E-state index contributed by atoms with van der Waals surface area (Å²) in [7, 11) is 0. The average molecular weight is 271 g/mol. The third-order valence-corrected chi connectivity index (χ3v) is 3.12. The summed E-state index contributed by atoms with van der Waals surface area (Å²) in [5, 5.41) is 12.2. The van der Waals surface area contributed by atoms with Crippen LogP contribution in [0.5, 0.6) is 0 Å². The van der Waals surface area contributed by atoms with E-state index in [4.69, 9.17) is 5.11 Å². The number of carbonyl (C=O) groups is 1. The molecule has 20 heavy (non-hydrogen) atoms. The molecule has 0 radical (unpaired) electrons. The summed E-state index contributed by atoms with van der Waals surface area (Å²) in [6, 6.07) is 6.67. The lowest BCUT2D eigenvalue weighted by Gasteiger charge is -2.12. The number of rotatable bonds is 4. The fraction of sp³-hybridized carbons (Fsp3) is 0.267. The van der Waals surface area contributed by atoms with Crippen molar-refractivity contribution >= 4 is 17.5 Å². The molecule has 2 rings (SSSR count). The largest absolute Gasteiger partial charge is 0.478 e. The molecule has 0 unspecified atom stereocenters. The Balaban J connectivity index is 2.36. The topological polar surface area (TPSA) is 75.1 Å². The van der Waals surface area contributed by atoms with Crippen LogP contribution >= 0.6 is 0 Å². The molecule has 0 atom stereocenters. The van der Waals surface area contributed by atoms with Gasteiger partial charge in [0.05, 0.1) is 5.56 Å². The van der Waals surface area contributed by atoms with Crippen LogP contribution in [0, 0.1) is 13.8 Å². The van der Waals surface area contributed by atoms with Gasteiger partial charge in [-0.05, 0) is 32.0 Å². The maximum absolute atomic E-state index is 11.0. The predicted molar refractivity (Wildman–Crippen MR) is 77.6 cm³/mol. The molecule has 104 valence electrons. The Morgan fingerprint density at radius 2 is 2.05 bits per heavy atom. The van der Waals surface area contributed by atoms with Gasteiger partial charge in [0, 0.05) is 23.4 Å². The first kappa shape index (κ1) is 14.0. The Kier molecular flexibility index (Phi) is 3.98. The molecule has 2 N–H and O–H groups in total. The number of aromatic nitrogens is 2. The van der Waals surface area contributed by atoms with E-state index in [-0.39, 0.29) is 5.56 Å². The molecule has 0 fully saturated rings. The van der Waals surface area contributed by atoms with E-state index in [1.54, 1.807) is 18.2 Å². The zero-order valence-electron chi connectivity index (χ0n) is 11.8. The van der Waals surface area contributed by atoms with E-state index >= 15 is 0 Å². The van der Waals surface area contributed by atoms with Crippen LogP contribution in [-0.2, 0) is 6.42 Å². The van der Waals surface area contributed by atoms with Crippen molar-refractivity contribution in [2.45, 2.75) is 27.2 Å². The molecule has 0 spiro atoms. The van der Waals surface area contributed by atoms with Crippen LogP contribution in [0.15, 0.2) is 24.3 Å². The average Bonchev–Trinajstić information content (AvgIpc) is 2.43. The highest BCUT2D eigenvalue weighted by atomic mass is 16.4. The highest BCUT2D eigenvalue weighted by Gasteiger charge is 2.09. The summed E-state index contributed by atoms with van der Waals surface area (Å²) in [6.45, 7) is 5.88. The van der Waals surface area contributed by atoms with Crippen LogP contribution in [0.3, 0.4) is 0 Å². The SMILES string of the molecule is CCc1nc(C)c(C)c(Nc2cccc(C(=O)O)c2)n1. The number of aryl methyl sites for hydroxylation is 2. The maximum Gasteiger partial charge on any atom is 0.335 e. The number of nitrogens with zero attached hydrogens (tertiary/aromatic N) is 2. The van der Waals surface area contributed by atoms with Crippen LogP contribution in [0.2, 0.25) is 0 Å². The number of carboxylic acid groups (broad SMARTS) is 1. The van der Waals surface area contributed by atoms with E-state index in [1.165, 1.54) is 0 Å². The molecule has 1 aromatic carbocycles. The van der Waals surface area contributed by atoms with Crippen LogP contribution in [0.1, 0.15) is 34.4 Å². The maximum atomic E-state index is 11.0. The Labute approximate surface area is 117 Å². The van der Waals surface area contributed by atoms with Gasteiger partial charge in [0.2, 0.25) is 0 Å². The zero-order chi connectivity index (χ0) is 14.7. The quantitative estimate of drug-likeness (QED) is 0.893. The number of anilines is 2. The minimum absolute atomic E-state index is 0.245. The molecule has 1 aromatic heterocycles. The molecule has 5 heteroatoms. The van der Waals surface area contributed by atoms with Gasteiger partial charge >= 0.3 is 5.97 Å². The Morgan fingerprint density at radius 3 is 2.70 bits per heavy atom. The van der Waals surface area contributed by atoms with E-state index < -0.39 is 5.97 Å². The van der Waals surface area contributed by atoms with E-state index in [2.05, 4.69) is 15.3 Å². The van der Waals surface area contributed by atoms with Gasteiger partial charge in [-0.25, -0.2) is 14.8 Å². The van der Waals surface area contributed by atoms with Gasteiger partial charge in [0.25, 0.3) is 0 Å². The van der Waals surface area contributed by atoms with Crippen molar-refractivity contribution < 1.29 is 9.90 Å². The summed E-state index contributed by atoms with van der Waals surface area (Å²) < 4.78 is 0. The van der Waals surface area contributed by atoms with Gasteiger partial charge in [-0.2, -0.15) is 0 Å². The third kappa shape index (κ3) is 2.93. The Morgan fingerprint density at radius 1 is 1.30 bits per heavy atom. The highest BCUT2D eigenvalue weighted by Crippen LogP contribution is 2.21. The Bertz CT molecular complexity index is 654. The lowest BCUT2D eigenvalue weighted by atomic mass is 10.2. The Hall–Kier alpha value is -2.43. The van der Waals surface area contributed by atoms with E-state index in [9.17, 15) is 4.79 Å². The predicted octanol–water partition coefficient (Wildman–Crippen LogP) is 3.10. The van der Waals surface area contributed by atoms with Gasteiger partial charge in [-0.1, -0.05) is 13.0 Å². The number of hydrogen-bond acceptors (Lipinski definition) is 4. The van der Waals surface area contributed by atoms with Crippen molar-refractivity contribution in [1.82, 2.24) is 9.97 Å². The molecule has 0 bridgehead atoms. The summed E-state index contributed by atoms with van der Waals surface area (Å²) in [4.78, 5) is 19.8. The zero-order valence-corrected chi connectivity index (χ0v) is 11.8. The third-order valence-electron chi connectivity index (χ3n) is 3.12. The highest BCUT2D eigenvalue weighted by molar-refractivity contribution is 5.89. The first-order valence-electron chi connectivity index (χ1n) is 6.45. The lowest BCUT2D eigenvalue weighted by molar-refractivity contribution is 0.0697. The summed E-state index contributed by atoms with van der Waals surface area (Å²) in [5.74, 6) is 0.542. The molecule has 1 heterocycles. The normalized spacial score (nSPS) is 10.3. The second kappa shape index (κ2) is 5.69. The molecule has 0 aliphatic carbocycles. The summed E-state index contributed by atoms with van der Waals surface area (Å²) in [5.41, 5.74) is 2.83. The molecule has 0 aliphatic rings. The summed E-state index contributed by atoms with van der Waals surface area (Å²) >= 11 is 0. The molecule has 0 saturated carbocycles. The number of benzene rings is 1. The van der Waals surface area contributed by atoms with E-state index in [0.717, 1.165) is 29.3 Å². The van der Waals surface area contributed by atoms with Gasteiger partial charge in [0.15, 0.2) is 0 Å². The number of aromatic carboxylic acids is 1. The lowest BCUT2D eigenvalue weighted by Crippen LogP contribution is -2.05. The fourth-order valence-electron chi connectivity index (χ4n) is 1.83. The van der Waals surface area contributed by atoms with Crippen molar-refractivity contribution in [2.75, 3.05) is 5.32 Å². The van der Waals surface area contributed by atoms with Crippen molar-refractivity contribution in [2.24, 2.45) is 0 Å². The monoisotopic (exact) mass is 271 g/mol. The smallest absolute Gasteiger partial charge is 0.335 e. The summed E-state index contributed by atoms with van der Waals surface area (Å²) in [6.07, 6.45) is 0.755. The molecule has 0 amide bonds. The number of nitrogens with one attached hydrogen (secondary N) is 1. The standard InChI is InChI=1S/C15H17N3O2/c1-4-13-16-10(3)9(2)14(18-13)17-12-7-5-6-11(8-12)15(19)20/h5-8H,4H2,1-3H3,(H,19,20)(H,16,17,18). The second-order valence-corrected chi connectivity index (χ2v) is 4.56. The molecule has 5 nitrogen and oxygen atoms in total. The molecular formula is C15H17N3O2.